The number of rotatable bonds is 6. The summed E-state index contributed by atoms with van der Waals surface area (Å²) in [5.41, 5.74) is 3.45. The maximum absolute atomic E-state index is 13.3. The van der Waals surface area contributed by atoms with Crippen LogP contribution in [0.1, 0.15) is 44.9 Å². The molecule has 4 rings (SSSR count). The topological polar surface area (TPSA) is 118 Å². The highest BCUT2D eigenvalue weighted by Crippen LogP contribution is 2.32. The number of benzene rings is 1. The van der Waals surface area contributed by atoms with Crippen LogP contribution in [-0.2, 0) is 11.0 Å². The van der Waals surface area contributed by atoms with Crippen LogP contribution in [0.15, 0.2) is 36.5 Å². The van der Waals surface area contributed by atoms with Crippen LogP contribution in [0.2, 0.25) is 10.0 Å². The van der Waals surface area contributed by atoms with Crippen LogP contribution < -0.4 is 16.2 Å². The van der Waals surface area contributed by atoms with Crippen LogP contribution in [0.25, 0.3) is 5.82 Å². The standard InChI is InChI=1S/C19H15Cl2F3N6O2.C4H6O/c1-9-6-10(20)7-11(17(31)28-25-2)15(9)27-18(32)13-8-14(19(22,23)24)29-30(13)16-12(21)4-3-5-26-16;5-3-4-1-2-4/h3-8,25H,1-2H3,(H,27,32)(H,28,31);3-4H,1-2H2. The summed E-state index contributed by atoms with van der Waals surface area (Å²) in [7, 11) is 1.46. The summed E-state index contributed by atoms with van der Waals surface area (Å²) in [6.45, 7) is 1.58. The van der Waals surface area contributed by atoms with Crippen molar-refractivity contribution in [2.75, 3.05) is 12.4 Å². The first-order valence-corrected chi connectivity index (χ1v) is 11.5. The lowest BCUT2D eigenvalue weighted by molar-refractivity contribution is -0.141. The summed E-state index contributed by atoms with van der Waals surface area (Å²) in [5.74, 6) is -1.31. The zero-order valence-corrected chi connectivity index (χ0v) is 21.0. The van der Waals surface area contributed by atoms with Crippen molar-refractivity contribution in [1.29, 1.82) is 0 Å². The second kappa shape index (κ2) is 11.7. The predicted octanol–water partition coefficient (Wildman–Crippen LogP) is 4.61. The molecule has 1 aliphatic carbocycles. The summed E-state index contributed by atoms with van der Waals surface area (Å²) in [4.78, 5) is 38.9. The lowest BCUT2D eigenvalue weighted by Crippen LogP contribution is -2.35. The minimum Gasteiger partial charge on any atom is -0.320 e. The molecule has 1 saturated carbocycles. The van der Waals surface area contributed by atoms with Gasteiger partial charge in [0, 0.05) is 30.3 Å². The molecule has 2 aromatic heterocycles. The molecule has 0 spiro atoms. The van der Waals surface area contributed by atoms with Gasteiger partial charge in [-0.15, -0.1) is 0 Å². The third-order valence-electron chi connectivity index (χ3n) is 5.01. The Bertz CT molecular complexity index is 1330. The summed E-state index contributed by atoms with van der Waals surface area (Å²) in [6.07, 6.45) is -0.218. The van der Waals surface area contributed by atoms with Crippen LogP contribution >= 0.6 is 23.2 Å². The first-order valence-electron chi connectivity index (χ1n) is 10.8. The molecule has 1 aromatic carbocycles. The number of nitrogens with zero attached hydrogens (tertiary/aromatic N) is 3. The number of alkyl halides is 3. The van der Waals surface area contributed by atoms with Gasteiger partial charge in [0.2, 0.25) is 0 Å². The van der Waals surface area contributed by atoms with E-state index < -0.39 is 29.4 Å². The molecule has 0 bridgehead atoms. The van der Waals surface area contributed by atoms with E-state index in [9.17, 15) is 27.6 Å². The Morgan fingerprint density at radius 1 is 1.16 bits per heavy atom. The molecule has 37 heavy (non-hydrogen) atoms. The van der Waals surface area contributed by atoms with Crippen LogP contribution in [0.4, 0.5) is 18.9 Å². The number of halogens is 5. The van der Waals surface area contributed by atoms with Crippen molar-refractivity contribution in [2.45, 2.75) is 25.9 Å². The molecule has 3 N–H and O–H groups in total. The van der Waals surface area contributed by atoms with E-state index >= 15 is 0 Å². The number of pyridine rings is 1. The van der Waals surface area contributed by atoms with Crippen LogP contribution in [0, 0.1) is 12.8 Å². The van der Waals surface area contributed by atoms with Gasteiger partial charge in [0.05, 0.1) is 16.3 Å². The van der Waals surface area contributed by atoms with E-state index in [0.717, 1.165) is 19.1 Å². The van der Waals surface area contributed by atoms with Gasteiger partial charge in [-0.05, 0) is 49.6 Å². The number of aromatic nitrogens is 3. The van der Waals surface area contributed by atoms with E-state index in [-0.39, 0.29) is 27.1 Å². The van der Waals surface area contributed by atoms with E-state index in [1.54, 1.807) is 6.92 Å². The Hall–Kier alpha value is -3.48. The summed E-state index contributed by atoms with van der Waals surface area (Å²) >= 11 is 12.1. The van der Waals surface area contributed by atoms with Gasteiger partial charge in [-0.2, -0.15) is 18.3 Å². The van der Waals surface area contributed by atoms with Crippen LogP contribution in [0.3, 0.4) is 0 Å². The number of carbonyl (C=O) groups excluding carboxylic acids is 3. The number of anilines is 1. The third-order valence-corrected chi connectivity index (χ3v) is 5.52. The zero-order chi connectivity index (χ0) is 27.3. The van der Waals surface area contributed by atoms with E-state index in [4.69, 9.17) is 23.2 Å². The molecule has 196 valence electrons. The number of nitrogens with one attached hydrogen (secondary N) is 3. The number of hydrazine groups is 1. The minimum atomic E-state index is -4.82. The van der Waals surface area contributed by atoms with Gasteiger partial charge >= 0.3 is 6.18 Å². The van der Waals surface area contributed by atoms with Gasteiger partial charge in [-0.25, -0.2) is 15.1 Å². The van der Waals surface area contributed by atoms with Gasteiger partial charge in [-0.1, -0.05) is 23.2 Å². The smallest absolute Gasteiger partial charge is 0.320 e. The molecule has 2 amide bonds. The number of amides is 2. The summed E-state index contributed by atoms with van der Waals surface area (Å²) < 4.78 is 40.6. The molecule has 1 fully saturated rings. The molecular weight excluding hydrogens is 536 g/mol. The molecule has 1 aliphatic rings. The first kappa shape index (κ1) is 28.1. The van der Waals surface area contributed by atoms with E-state index in [1.165, 1.54) is 37.5 Å². The number of hydrogen-bond donors (Lipinski definition) is 3. The maximum Gasteiger partial charge on any atom is 0.435 e. The lowest BCUT2D eigenvalue weighted by Gasteiger charge is -2.15. The molecule has 0 unspecified atom stereocenters. The minimum absolute atomic E-state index is 0.00400. The average Bonchev–Trinajstić information content (AvgIpc) is 3.57. The summed E-state index contributed by atoms with van der Waals surface area (Å²) in [6, 6.07) is 6.23. The number of aldehydes is 1. The van der Waals surface area contributed by atoms with Gasteiger partial charge in [-0.3, -0.25) is 15.0 Å². The summed E-state index contributed by atoms with van der Waals surface area (Å²) in [5, 5.41) is 6.15. The normalized spacial score (nSPS) is 12.8. The zero-order valence-electron chi connectivity index (χ0n) is 19.5. The van der Waals surface area contributed by atoms with Crippen molar-refractivity contribution in [3.63, 3.8) is 0 Å². The third kappa shape index (κ3) is 7.06. The first-order chi connectivity index (χ1) is 17.5. The average molecular weight is 557 g/mol. The van der Waals surface area contributed by atoms with Crippen molar-refractivity contribution in [1.82, 2.24) is 25.6 Å². The Kier molecular flexibility index (Phi) is 8.89. The van der Waals surface area contributed by atoms with Crippen molar-refractivity contribution in [3.05, 3.63) is 69.1 Å². The van der Waals surface area contributed by atoms with E-state index in [2.05, 4.69) is 26.3 Å². The highest BCUT2D eigenvalue weighted by atomic mass is 35.5. The molecule has 0 atom stereocenters. The maximum atomic E-state index is 13.3. The molecular formula is C23H21Cl2F3N6O3. The number of hydrogen-bond acceptors (Lipinski definition) is 6. The van der Waals surface area contributed by atoms with Crippen molar-refractivity contribution in [3.8, 4) is 5.82 Å². The largest absolute Gasteiger partial charge is 0.435 e. The van der Waals surface area contributed by atoms with E-state index in [1.807, 2.05) is 0 Å². The van der Waals surface area contributed by atoms with Gasteiger partial charge in [0.15, 0.2) is 11.5 Å². The van der Waals surface area contributed by atoms with Crippen LogP contribution in [-0.4, -0.2) is 39.9 Å². The Balaban J connectivity index is 0.000000678. The Labute approximate surface area is 219 Å². The van der Waals surface area contributed by atoms with Gasteiger partial charge in [0.25, 0.3) is 11.8 Å². The molecule has 9 nitrogen and oxygen atoms in total. The van der Waals surface area contributed by atoms with E-state index in [0.29, 0.717) is 22.2 Å². The Morgan fingerprint density at radius 2 is 1.86 bits per heavy atom. The molecule has 14 heteroatoms. The molecule has 0 saturated heterocycles. The highest BCUT2D eigenvalue weighted by molar-refractivity contribution is 6.32. The second-order valence-corrected chi connectivity index (χ2v) is 8.75. The molecule has 3 aromatic rings. The molecule has 0 radical (unpaired) electrons. The van der Waals surface area contributed by atoms with Crippen molar-refractivity contribution >= 4 is 47.0 Å². The number of carbonyl (C=O) groups is 3. The quantitative estimate of drug-likeness (QED) is 0.301. The van der Waals surface area contributed by atoms with Gasteiger partial charge < -0.3 is 10.1 Å². The fourth-order valence-corrected chi connectivity index (χ4v) is 3.53. The highest BCUT2D eigenvalue weighted by Gasteiger charge is 2.37. The monoisotopic (exact) mass is 556 g/mol. The van der Waals surface area contributed by atoms with Crippen LogP contribution in [0.5, 0.6) is 0 Å². The van der Waals surface area contributed by atoms with Gasteiger partial charge in [0.1, 0.15) is 12.0 Å². The van der Waals surface area contributed by atoms with Crippen molar-refractivity contribution < 1.29 is 27.6 Å². The van der Waals surface area contributed by atoms with Crippen molar-refractivity contribution in [2.24, 2.45) is 5.92 Å². The second-order valence-electron chi connectivity index (χ2n) is 7.91. The Morgan fingerprint density at radius 3 is 2.41 bits per heavy atom. The fraction of sp³-hybridized carbons (Fsp3) is 0.261. The predicted molar refractivity (Wildman–Crippen MR) is 131 cm³/mol. The fourth-order valence-electron chi connectivity index (χ4n) is 3.05. The molecule has 2 heterocycles. The SMILES string of the molecule is CNNC(=O)c1cc(Cl)cc(C)c1NC(=O)c1cc(C(F)(F)F)nn1-c1ncccc1Cl.O=CC1CC1. The molecule has 0 aliphatic heterocycles. The lowest BCUT2D eigenvalue weighted by atomic mass is 10.1. The number of aryl methyl sites for hydroxylation is 1.